The van der Waals surface area contributed by atoms with Crippen molar-refractivity contribution in [2.45, 2.75) is 4.17 Å². The van der Waals surface area contributed by atoms with E-state index in [1.807, 2.05) is 0 Å². The fourth-order valence-corrected chi connectivity index (χ4v) is 0.802. The molecule has 0 bridgehead atoms. The average Bonchev–Trinajstić information content (AvgIpc) is 1.35. The summed E-state index contributed by atoms with van der Waals surface area (Å²) in [5, 5.41) is 0. The van der Waals surface area contributed by atoms with E-state index in [2.05, 4.69) is 6.92 Å². The Labute approximate surface area is 52.2 Å². The van der Waals surface area contributed by atoms with Gasteiger partial charge in [0.15, 0.2) is 4.17 Å². The second-order valence-corrected chi connectivity index (χ2v) is 3.46. The van der Waals surface area contributed by atoms with E-state index < -0.39 is 0 Å². The second kappa shape index (κ2) is 4.10. The van der Waals surface area contributed by atoms with Gasteiger partial charge in [-0.3, -0.25) is 0 Å². The summed E-state index contributed by atoms with van der Waals surface area (Å²) in [5.74, 6) is 0.734. The van der Waals surface area contributed by atoms with Crippen molar-refractivity contribution in [2.75, 3.05) is 5.75 Å². The molecule has 0 nitrogen and oxygen atoms in total. The Balaban J connectivity index is 2.63. The van der Waals surface area contributed by atoms with Crippen molar-refractivity contribution in [1.29, 1.82) is 0 Å². The molecule has 0 aliphatic carbocycles. The van der Waals surface area contributed by atoms with Gasteiger partial charge >= 0.3 is 0 Å². The van der Waals surface area contributed by atoms with Crippen LogP contribution < -0.4 is 0 Å². The number of halogens is 2. The van der Waals surface area contributed by atoms with E-state index in [1.165, 1.54) is 11.8 Å². The van der Waals surface area contributed by atoms with Crippen LogP contribution in [-0.2, 0) is 0 Å². The van der Waals surface area contributed by atoms with E-state index >= 15 is 0 Å². The molecule has 0 rings (SSSR count). The summed E-state index contributed by atoms with van der Waals surface area (Å²) in [5.41, 5.74) is 0. The predicted octanol–water partition coefficient (Wildman–Crippen LogP) is 2.31. The van der Waals surface area contributed by atoms with Gasteiger partial charge in [-0.2, -0.15) is 0 Å². The molecule has 1 radical (unpaired) electrons. The molecule has 0 aromatic carbocycles. The van der Waals surface area contributed by atoms with Crippen LogP contribution in [0.25, 0.3) is 0 Å². The molecular formula is C3H5Cl2S. The Morgan fingerprint density at radius 3 is 2.17 bits per heavy atom. The van der Waals surface area contributed by atoms with E-state index in [1.54, 1.807) is 0 Å². The standard InChI is InChI=1S/C3H5Cl2S/c1-2-6-3(4)5/h3H,1-2H2. The normalized spacial score (nSPS) is 10.0. The van der Waals surface area contributed by atoms with Crippen LogP contribution in [0.1, 0.15) is 0 Å². The zero-order chi connectivity index (χ0) is 4.99. The monoisotopic (exact) mass is 143 g/mol. The van der Waals surface area contributed by atoms with E-state index in [9.17, 15) is 0 Å². The molecule has 0 spiro atoms. The van der Waals surface area contributed by atoms with Gasteiger partial charge in [0.05, 0.1) is 0 Å². The van der Waals surface area contributed by atoms with Crippen LogP contribution >= 0.6 is 35.0 Å². The first kappa shape index (κ1) is 6.93. The Morgan fingerprint density at radius 2 is 2.17 bits per heavy atom. The van der Waals surface area contributed by atoms with Crippen LogP contribution in [0.2, 0.25) is 0 Å². The van der Waals surface area contributed by atoms with Gasteiger partial charge in [-0.25, -0.2) is 0 Å². The fourth-order valence-electron chi connectivity index (χ4n) is 0.0891. The highest BCUT2D eigenvalue weighted by atomic mass is 35.5. The molecule has 0 unspecified atom stereocenters. The number of hydrogen-bond acceptors (Lipinski definition) is 1. The molecule has 0 amide bonds. The van der Waals surface area contributed by atoms with Crippen molar-refractivity contribution in [3.05, 3.63) is 6.92 Å². The number of alkyl halides is 2. The minimum absolute atomic E-state index is 0.303. The molecular weight excluding hydrogens is 139 g/mol. The molecule has 0 aliphatic heterocycles. The van der Waals surface area contributed by atoms with Gasteiger partial charge in [-0.05, 0) is 12.7 Å². The Kier molecular flexibility index (Phi) is 4.73. The maximum Gasteiger partial charge on any atom is 0.153 e. The summed E-state index contributed by atoms with van der Waals surface area (Å²) in [6, 6.07) is 0. The predicted molar refractivity (Wildman–Crippen MR) is 33.3 cm³/mol. The van der Waals surface area contributed by atoms with Crippen LogP contribution in [0.3, 0.4) is 0 Å². The van der Waals surface area contributed by atoms with Crippen LogP contribution in [0.5, 0.6) is 0 Å². The van der Waals surface area contributed by atoms with Gasteiger partial charge in [0.1, 0.15) is 0 Å². The molecule has 0 fully saturated rings. The molecule has 37 valence electrons. The lowest BCUT2D eigenvalue weighted by molar-refractivity contribution is 1.79. The Morgan fingerprint density at radius 1 is 1.67 bits per heavy atom. The zero-order valence-corrected chi connectivity index (χ0v) is 5.48. The zero-order valence-electron chi connectivity index (χ0n) is 3.16. The maximum atomic E-state index is 5.27. The number of hydrogen-bond donors (Lipinski definition) is 0. The highest BCUT2D eigenvalue weighted by Gasteiger charge is 1.91. The topological polar surface area (TPSA) is 0 Å². The second-order valence-electron chi connectivity index (χ2n) is 0.631. The molecule has 0 atom stereocenters. The molecule has 0 aromatic rings. The van der Waals surface area contributed by atoms with Crippen LogP contribution in [0.4, 0.5) is 0 Å². The highest BCUT2D eigenvalue weighted by molar-refractivity contribution is 8.02. The van der Waals surface area contributed by atoms with Gasteiger partial charge < -0.3 is 0 Å². The fraction of sp³-hybridized carbons (Fsp3) is 0.667. The molecule has 0 N–H and O–H groups in total. The van der Waals surface area contributed by atoms with Gasteiger partial charge in [0.25, 0.3) is 0 Å². The largest absolute Gasteiger partial charge is 0.153 e. The summed E-state index contributed by atoms with van der Waals surface area (Å²) in [6.07, 6.45) is 0. The molecule has 6 heavy (non-hydrogen) atoms. The van der Waals surface area contributed by atoms with Crippen LogP contribution in [0, 0.1) is 6.92 Å². The first-order valence-corrected chi connectivity index (χ1v) is 3.38. The first-order valence-electron chi connectivity index (χ1n) is 1.46. The number of thioether (sulfide) groups is 1. The Hall–Kier alpha value is 0.930. The molecule has 0 heterocycles. The van der Waals surface area contributed by atoms with E-state index in [0.29, 0.717) is 0 Å². The third-order valence-electron chi connectivity index (χ3n) is 0.244. The maximum absolute atomic E-state index is 5.27. The lowest BCUT2D eigenvalue weighted by Crippen LogP contribution is -1.75. The van der Waals surface area contributed by atoms with Crippen molar-refractivity contribution in [3.8, 4) is 0 Å². The van der Waals surface area contributed by atoms with Gasteiger partial charge in [-0.15, -0.1) is 11.8 Å². The van der Waals surface area contributed by atoms with Crippen molar-refractivity contribution in [2.24, 2.45) is 0 Å². The third-order valence-corrected chi connectivity index (χ3v) is 1.49. The van der Waals surface area contributed by atoms with Gasteiger partial charge in [-0.1, -0.05) is 23.2 Å². The molecule has 0 aliphatic rings. The molecule has 0 saturated carbocycles. The lowest BCUT2D eigenvalue weighted by Gasteiger charge is -1.90. The van der Waals surface area contributed by atoms with Crippen molar-refractivity contribution in [1.82, 2.24) is 0 Å². The smallest absolute Gasteiger partial charge is 0.127 e. The summed E-state index contributed by atoms with van der Waals surface area (Å²) < 4.78 is -0.303. The lowest BCUT2D eigenvalue weighted by atomic mass is 11.0. The minimum Gasteiger partial charge on any atom is -0.127 e. The first-order chi connectivity index (χ1) is 2.77. The third kappa shape index (κ3) is 4.93. The number of rotatable bonds is 2. The summed E-state index contributed by atoms with van der Waals surface area (Å²) in [6.45, 7) is 3.52. The van der Waals surface area contributed by atoms with Gasteiger partial charge in [0, 0.05) is 0 Å². The van der Waals surface area contributed by atoms with Crippen LogP contribution in [-0.4, -0.2) is 9.92 Å². The van der Waals surface area contributed by atoms with E-state index in [-0.39, 0.29) is 4.17 Å². The summed E-state index contributed by atoms with van der Waals surface area (Å²) in [4.78, 5) is 0. The van der Waals surface area contributed by atoms with Crippen LogP contribution in [0.15, 0.2) is 0 Å². The summed E-state index contributed by atoms with van der Waals surface area (Å²) >= 11 is 11.9. The van der Waals surface area contributed by atoms with Crippen molar-refractivity contribution >= 4 is 35.0 Å². The molecule has 0 aromatic heterocycles. The molecule has 3 heteroatoms. The van der Waals surface area contributed by atoms with E-state index in [0.717, 1.165) is 5.75 Å². The van der Waals surface area contributed by atoms with Crippen molar-refractivity contribution < 1.29 is 0 Å². The van der Waals surface area contributed by atoms with Gasteiger partial charge in [0.2, 0.25) is 0 Å². The van der Waals surface area contributed by atoms with Crippen molar-refractivity contribution in [3.63, 3.8) is 0 Å². The quantitative estimate of drug-likeness (QED) is 0.536. The minimum atomic E-state index is -0.303. The Bertz CT molecular complexity index is 30.0. The summed E-state index contributed by atoms with van der Waals surface area (Å²) in [7, 11) is 0. The van der Waals surface area contributed by atoms with E-state index in [4.69, 9.17) is 23.2 Å². The highest BCUT2D eigenvalue weighted by Crippen LogP contribution is 2.17. The molecule has 0 saturated heterocycles. The SMILES string of the molecule is [CH2]CSC(Cl)Cl. The average molecular weight is 144 g/mol.